The fourth-order valence-electron chi connectivity index (χ4n) is 1.84. The maximum atomic E-state index is 5.66. The molecular formula is C14H20N4O3. The standard InChI is InChI=1S/C14H20N4O3/c1-9(15)13-17-18-14(21-13)16-7-6-10-4-5-11(19-2)12(8-10)20-3/h4-5,8-9H,6-7,15H2,1-3H3,(H,16,18). The number of hydrogen-bond donors (Lipinski definition) is 2. The van der Waals surface area contributed by atoms with Crippen molar-refractivity contribution in [1.82, 2.24) is 10.2 Å². The molecule has 0 aliphatic heterocycles. The van der Waals surface area contributed by atoms with E-state index in [0.29, 0.717) is 29.9 Å². The minimum Gasteiger partial charge on any atom is -0.493 e. The van der Waals surface area contributed by atoms with Crippen molar-refractivity contribution in [1.29, 1.82) is 0 Å². The number of hydrogen-bond acceptors (Lipinski definition) is 7. The molecule has 0 aliphatic carbocycles. The highest BCUT2D eigenvalue weighted by Gasteiger charge is 2.09. The van der Waals surface area contributed by atoms with Crippen LogP contribution in [0.1, 0.15) is 24.4 Å². The molecule has 0 fully saturated rings. The zero-order valence-corrected chi connectivity index (χ0v) is 12.4. The third-order valence-electron chi connectivity index (χ3n) is 2.97. The highest BCUT2D eigenvalue weighted by atomic mass is 16.5. The molecule has 0 saturated carbocycles. The van der Waals surface area contributed by atoms with Gasteiger partial charge in [0.1, 0.15) is 0 Å². The molecule has 1 atom stereocenters. The van der Waals surface area contributed by atoms with Gasteiger partial charge in [0.05, 0.1) is 20.3 Å². The normalized spacial score (nSPS) is 12.0. The molecule has 7 heteroatoms. The van der Waals surface area contributed by atoms with Crippen LogP contribution in [0.2, 0.25) is 0 Å². The van der Waals surface area contributed by atoms with E-state index >= 15 is 0 Å². The van der Waals surface area contributed by atoms with Crippen LogP contribution in [0, 0.1) is 0 Å². The summed E-state index contributed by atoms with van der Waals surface area (Å²) >= 11 is 0. The molecule has 2 rings (SSSR count). The fraction of sp³-hybridized carbons (Fsp3) is 0.429. The Morgan fingerprint density at radius 3 is 2.62 bits per heavy atom. The summed E-state index contributed by atoms with van der Waals surface area (Å²) in [6.45, 7) is 2.46. The second-order valence-corrected chi connectivity index (χ2v) is 4.60. The number of rotatable bonds is 7. The molecule has 0 saturated heterocycles. The van der Waals surface area contributed by atoms with Crippen LogP contribution in [0.4, 0.5) is 6.01 Å². The first-order chi connectivity index (χ1) is 10.1. The van der Waals surface area contributed by atoms with Crippen LogP contribution in [-0.4, -0.2) is 31.0 Å². The van der Waals surface area contributed by atoms with Crippen molar-refractivity contribution in [3.05, 3.63) is 29.7 Å². The Morgan fingerprint density at radius 2 is 2.00 bits per heavy atom. The Labute approximate surface area is 123 Å². The van der Waals surface area contributed by atoms with Gasteiger partial charge in [0.25, 0.3) is 0 Å². The largest absolute Gasteiger partial charge is 0.493 e. The third-order valence-corrected chi connectivity index (χ3v) is 2.97. The average Bonchev–Trinajstić information content (AvgIpc) is 2.96. The molecule has 0 bridgehead atoms. The lowest BCUT2D eigenvalue weighted by atomic mass is 10.1. The van der Waals surface area contributed by atoms with Gasteiger partial charge in [-0.1, -0.05) is 11.2 Å². The molecule has 1 unspecified atom stereocenters. The van der Waals surface area contributed by atoms with Crippen molar-refractivity contribution in [2.24, 2.45) is 5.73 Å². The molecule has 0 amide bonds. The molecule has 2 aromatic rings. The van der Waals surface area contributed by atoms with E-state index in [4.69, 9.17) is 19.6 Å². The van der Waals surface area contributed by atoms with E-state index in [0.717, 1.165) is 12.0 Å². The van der Waals surface area contributed by atoms with Crippen molar-refractivity contribution in [2.75, 3.05) is 26.1 Å². The summed E-state index contributed by atoms with van der Waals surface area (Å²) in [4.78, 5) is 0. The van der Waals surface area contributed by atoms with Crippen LogP contribution in [-0.2, 0) is 6.42 Å². The number of nitrogens with two attached hydrogens (primary N) is 1. The number of anilines is 1. The van der Waals surface area contributed by atoms with Crippen LogP contribution >= 0.6 is 0 Å². The number of nitrogens with one attached hydrogen (secondary N) is 1. The SMILES string of the molecule is COc1ccc(CCNc2nnc(C(C)N)o2)cc1OC. The Hall–Kier alpha value is -2.28. The lowest BCUT2D eigenvalue weighted by Crippen LogP contribution is -2.06. The molecule has 21 heavy (non-hydrogen) atoms. The van der Waals surface area contributed by atoms with Crippen molar-refractivity contribution < 1.29 is 13.9 Å². The molecule has 7 nitrogen and oxygen atoms in total. The minimum absolute atomic E-state index is 0.265. The predicted octanol–water partition coefficient (Wildman–Crippen LogP) is 1.76. The van der Waals surface area contributed by atoms with Gasteiger partial charge in [-0.3, -0.25) is 0 Å². The molecular weight excluding hydrogens is 272 g/mol. The van der Waals surface area contributed by atoms with Crippen LogP contribution in [0.25, 0.3) is 0 Å². The van der Waals surface area contributed by atoms with Crippen molar-refractivity contribution >= 4 is 6.01 Å². The number of benzene rings is 1. The van der Waals surface area contributed by atoms with Crippen LogP contribution in [0.15, 0.2) is 22.6 Å². The average molecular weight is 292 g/mol. The minimum atomic E-state index is -0.265. The van der Waals surface area contributed by atoms with Crippen molar-refractivity contribution in [3.8, 4) is 11.5 Å². The van der Waals surface area contributed by atoms with E-state index < -0.39 is 0 Å². The summed E-state index contributed by atoms with van der Waals surface area (Å²) in [5.74, 6) is 1.85. The highest BCUT2D eigenvalue weighted by molar-refractivity contribution is 5.43. The smallest absolute Gasteiger partial charge is 0.315 e. The predicted molar refractivity (Wildman–Crippen MR) is 78.6 cm³/mol. The van der Waals surface area contributed by atoms with Gasteiger partial charge in [0.2, 0.25) is 5.89 Å². The van der Waals surface area contributed by atoms with E-state index in [2.05, 4.69) is 15.5 Å². The summed E-state index contributed by atoms with van der Waals surface area (Å²) in [6.07, 6.45) is 0.788. The van der Waals surface area contributed by atoms with Crippen LogP contribution in [0.5, 0.6) is 11.5 Å². The van der Waals surface area contributed by atoms with Gasteiger partial charge < -0.3 is 24.9 Å². The Morgan fingerprint density at radius 1 is 1.24 bits per heavy atom. The topological polar surface area (TPSA) is 95.4 Å². The number of methoxy groups -OCH3 is 2. The van der Waals surface area contributed by atoms with Gasteiger partial charge in [-0.2, -0.15) is 0 Å². The van der Waals surface area contributed by atoms with Gasteiger partial charge in [0.15, 0.2) is 11.5 Å². The number of aromatic nitrogens is 2. The molecule has 0 radical (unpaired) electrons. The van der Waals surface area contributed by atoms with Gasteiger partial charge in [-0.25, -0.2) is 0 Å². The number of nitrogens with zero attached hydrogens (tertiary/aromatic N) is 2. The molecule has 0 aliphatic rings. The molecule has 3 N–H and O–H groups in total. The first kappa shape index (κ1) is 15.1. The summed E-state index contributed by atoms with van der Waals surface area (Å²) in [6, 6.07) is 5.93. The second-order valence-electron chi connectivity index (χ2n) is 4.60. The monoisotopic (exact) mass is 292 g/mol. The lowest BCUT2D eigenvalue weighted by Gasteiger charge is -2.09. The summed E-state index contributed by atoms with van der Waals surface area (Å²) in [5, 5.41) is 10.8. The third kappa shape index (κ3) is 3.85. The van der Waals surface area contributed by atoms with Gasteiger partial charge in [-0.05, 0) is 31.0 Å². The van der Waals surface area contributed by atoms with Crippen LogP contribution < -0.4 is 20.5 Å². The first-order valence-corrected chi connectivity index (χ1v) is 6.67. The van der Waals surface area contributed by atoms with E-state index in [1.165, 1.54) is 0 Å². The van der Waals surface area contributed by atoms with Gasteiger partial charge in [-0.15, -0.1) is 5.10 Å². The molecule has 1 aromatic heterocycles. The first-order valence-electron chi connectivity index (χ1n) is 6.67. The highest BCUT2D eigenvalue weighted by Crippen LogP contribution is 2.27. The zero-order valence-electron chi connectivity index (χ0n) is 12.4. The van der Waals surface area contributed by atoms with E-state index in [1.54, 1.807) is 21.1 Å². The maximum absolute atomic E-state index is 5.66. The molecule has 1 heterocycles. The number of ether oxygens (including phenoxy) is 2. The van der Waals surface area contributed by atoms with E-state index in [1.807, 2.05) is 18.2 Å². The fourth-order valence-corrected chi connectivity index (χ4v) is 1.84. The maximum Gasteiger partial charge on any atom is 0.315 e. The Balaban J connectivity index is 1.90. The molecule has 0 spiro atoms. The van der Waals surface area contributed by atoms with E-state index in [9.17, 15) is 0 Å². The quantitative estimate of drug-likeness (QED) is 0.802. The van der Waals surface area contributed by atoms with Crippen LogP contribution in [0.3, 0.4) is 0 Å². The van der Waals surface area contributed by atoms with Crippen molar-refractivity contribution in [3.63, 3.8) is 0 Å². The zero-order chi connectivity index (χ0) is 15.2. The van der Waals surface area contributed by atoms with E-state index in [-0.39, 0.29) is 6.04 Å². The summed E-state index contributed by atoms with van der Waals surface area (Å²) in [7, 11) is 3.23. The Kier molecular flexibility index (Phi) is 4.99. The lowest BCUT2D eigenvalue weighted by molar-refractivity contribution is 0.354. The molecule has 1 aromatic carbocycles. The summed E-state index contributed by atoms with van der Waals surface area (Å²) < 4.78 is 15.8. The van der Waals surface area contributed by atoms with Crippen molar-refractivity contribution in [2.45, 2.75) is 19.4 Å². The summed E-state index contributed by atoms with van der Waals surface area (Å²) in [5.41, 5.74) is 6.77. The Bertz CT molecular complexity index is 583. The van der Waals surface area contributed by atoms with Gasteiger partial charge in [0, 0.05) is 6.54 Å². The van der Waals surface area contributed by atoms with Gasteiger partial charge >= 0.3 is 6.01 Å². The second kappa shape index (κ2) is 6.94. The molecule has 114 valence electrons.